The standard InChI is InChI=1S/C13H13NO2S/c1-9-4-2-3-5-10(9)11(8-12(15)16)13-14-6-7-17-13/h2-7,11H,8H2,1H3,(H,15,16). The summed E-state index contributed by atoms with van der Waals surface area (Å²) in [6, 6.07) is 7.87. The summed E-state index contributed by atoms with van der Waals surface area (Å²) in [5, 5.41) is 11.8. The van der Waals surface area contributed by atoms with Crippen LogP contribution in [0.2, 0.25) is 0 Å². The van der Waals surface area contributed by atoms with Crippen molar-refractivity contribution in [2.45, 2.75) is 19.3 Å². The minimum atomic E-state index is -0.798. The molecule has 2 rings (SSSR count). The van der Waals surface area contributed by atoms with E-state index in [0.717, 1.165) is 16.1 Å². The Morgan fingerprint density at radius 3 is 2.82 bits per heavy atom. The van der Waals surface area contributed by atoms with Crippen LogP contribution in [0.25, 0.3) is 0 Å². The molecule has 1 aromatic heterocycles. The maximum atomic E-state index is 11.0. The molecule has 0 saturated heterocycles. The summed E-state index contributed by atoms with van der Waals surface area (Å²) >= 11 is 1.50. The van der Waals surface area contributed by atoms with E-state index in [0.29, 0.717) is 0 Å². The Morgan fingerprint density at radius 2 is 2.24 bits per heavy atom. The molecule has 1 aromatic carbocycles. The zero-order valence-corrected chi connectivity index (χ0v) is 10.3. The highest BCUT2D eigenvalue weighted by Gasteiger charge is 2.21. The smallest absolute Gasteiger partial charge is 0.304 e. The van der Waals surface area contributed by atoms with Crippen molar-refractivity contribution < 1.29 is 9.90 Å². The molecule has 2 aromatic rings. The Hall–Kier alpha value is -1.68. The number of benzene rings is 1. The summed E-state index contributed by atoms with van der Waals surface area (Å²) in [6.45, 7) is 2.00. The molecule has 0 aliphatic rings. The van der Waals surface area contributed by atoms with Crippen LogP contribution >= 0.6 is 11.3 Å². The third kappa shape index (κ3) is 2.71. The van der Waals surface area contributed by atoms with Gasteiger partial charge in [-0.2, -0.15) is 0 Å². The van der Waals surface area contributed by atoms with Crippen molar-refractivity contribution in [1.29, 1.82) is 0 Å². The van der Waals surface area contributed by atoms with E-state index >= 15 is 0 Å². The molecule has 0 saturated carbocycles. The Balaban J connectivity index is 2.41. The highest BCUT2D eigenvalue weighted by atomic mass is 32.1. The first-order chi connectivity index (χ1) is 8.18. The van der Waals surface area contributed by atoms with Crippen LogP contribution in [0.3, 0.4) is 0 Å². The molecule has 1 N–H and O–H groups in total. The van der Waals surface area contributed by atoms with Crippen LogP contribution in [0.1, 0.15) is 28.5 Å². The molecule has 0 aliphatic heterocycles. The number of carboxylic acids is 1. The van der Waals surface area contributed by atoms with Gasteiger partial charge in [-0.1, -0.05) is 24.3 Å². The zero-order valence-electron chi connectivity index (χ0n) is 9.46. The molecule has 0 aliphatic carbocycles. The van der Waals surface area contributed by atoms with Crippen LogP contribution < -0.4 is 0 Å². The summed E-state index contributed by atoms with van der Waals surface area (Å²) in [4.78, 5) is 15.2. The molecule has 4 heteroatoms. The molecule has 3 nitrogen and oxygen atoms in total. The number of carbonyl (C=O) groups is 1. The lowest BCUT2D eigenvalue weighted by Gasteiger charge is -2.15. The number of hydrogen-bond acceptors (Lipinski definition) is 3. The molecule has 0 fully saturated rings. The second-order valence-corrected chi connectivity index (χ2v) is 4.80. The van der Waals surface area contributed by atoms with Crippen molar-refractivity contribution in [3.05, 3.63) is 52.0 Å². The second kappa shape index (κ2) is 5.10. The first-order valence-corrected chi connectivity index (χ1v) is 6.23. The molecular formula is C13H13NO2S. The highest BCUT2D eigenvalue weighted by molar-refractivity contribution is 7.09. The lowest BCUT2D eigenvalue weighted by atomic mass is 9.92. The quantitative estimate of drug-likeness (QED) is 0.903. The molecule has 0 spiro atoms. The third-order valence-corrected chi connectivity index (χ3v) is 3.58. The maximum Gasteiger partial charge on any atom is 0.304 e. The zero-order chi connectivity index (χ0) is 12.3. The Labute approximate surface area is 104 Å². The summed E-state index contributed by atoms with van der Waals surface area (Å²) < 4.78 is 0. The fraction of sp³-hybridized carbons (Fsp3) is 0.231. The summed E-state index contributed by atoms with van der Waals surface area (Å²) in [7, 11) is 0. The topological polar surface area (TPSA) is 50.2 Å². The number of aliphatic carboxylic acids is 1. The van der Waals surface area contributed by atoms with Crippen LogP contribution in [0.15, 0.2) is 35.8 Å². The monoisotopic (exact) mass is 247 g/mol. The van der Waals surface area contributed by atoms with Gasteiger partial charge in [-0.15, -0.1) is 11.3 Å². The van der Waals surface area contributed by atoms with E-state index in [9.17, 15) is 4.79 Å². The number of hydrogen-bond donors (Lipinski definition) is 1. The largest absolute Gasteiger partial charge is 0.481 e. The van der Waals surface area contributed by atoms with Crippen molar-refractivity contribution in [2.75, 3.05) is 0 Å². The Kier molecular flexibility index (Phi) is 3.54. The number of aromatic nitrogens is 1. The van der Waals surface area contributed by atoms with Crippen molar-refractivity contribution in [3.63, 3.8) is 0 Å². The molecule has 88 valence electrons. The average Bonchev–Trinajstić information content (AvgIpc) is 2.80. The first kappa shape index (κ1) is 11.8. The summed E-state index contributed by atoms with van der Waals surface area (Å²) in [5.74, 6) is -0.942. The number of nitrogens with zero attached hydrogens (tertiary/aromatic N) is 1. The van der Waals surface area contributed by atoms with Gasteiger partial charge in [0.05, 0.1) is 6.42 Å². The van der Waals surface area contributed by atoms with Gasteiger partial charge in [-0.3, -0.25) is 4.79 Å². The van der Waals surface area contributed by atoms with Gasteiger partial charge in [0.15, 0.2) is 0 Å². The van der Waals surface area contributed by atoms with Crippen LogP contribution in [-0.2, 0) is 4.79 Å². The van der Waals surface area contributed by atoms with Crippen molar-refractivity contribution in [3.8, 4) is 0 Å². The lowest BCUT2D eigenvalue weighted by molar-refractivity contribution is -0.137. The van der Waals surface area contributed by atoms with E-state index in [4.69, 9.17) is 5.11 Å². The second-order valence-electron chi connectivity index (χ2n) is 3.88. The number of thiazole rings is 1. The fourth-order valence-corrected chi connectivity index (χ4v) is 2.65. The molecule has 0 amide bonds. The van der Waals surface area contributed by atoms with E-state index in [1.54, 1.807) is 6.20 Å². The normalized spacial score (nSPS) is 12.3. The van der Waals surface area contributed by atoms with E-state index in [1.165, 1.54) is 11.3 Å². The molecule has 0 radical (unpaired) electrons. The van der Waals surface area contributed by atoms with Crippen molar-refractivity contribution in [1.82, 2.24) is 4.98 Å². The number of carboxylic acid groups (broad SMARTS) is 1. The fourth-order valence-electron chi connectivity index (χ4n) is 1.89. The van der Waals surface area contributed by atoms with Crippen LogP contribution in [0.5, 0.6) is 0 Å². The Morgan fingerprint density at radius 1 is 1.47 bits per heavy atom. The Bertz CT molecular complexity index is 508. The third-order valence-electron chi connectivity index (χ3n) is 2.69. The van der Waals surface area contributed by atoms with Gasteiger partial charge >= 0.3 is 5.97 Å². The SMILES string of the molecule is Cc1ccccc1C(CC(=O)O)c1nccs1. The molecule has 1 unspecified atom stereocenters. The number of rotatable bonds is 4. The van der Waals surface area contributed by atoms with Gasteiger partial charge in [0.1, 0.15) is 5.01 Å². The maximum absolute atomic E-state index is 11.0. The van der Waals surface area contributed by atoms with E-state index < -0.39 is 5.97 Å². The molecule has 1 atom stereocenters. The summed E-state index contributed by atoms with van der Waals surface area (Å²) in [5.41, 5.74) is 2.15. The summed E-state index contributed by atoms with van der Waals surface area (Å²) in [6.07, 6.45) is 1.80. The van der Waals surface area contributed by atoms with Gasteiger partial charge in [0.2, 0.25) is 0 Å². The van der Waals surface area contributed by atoms with Crippen LogP contribution in [0, 0.1) is 6.92 Å². The van der Waals surface area contributed by atoms with Crippen molar-refractivity contribution in [2.24, 2.45) is 0 Å². The highest BCUT2D eigenvalue weighted by Crippen LogP contribution is 2.31. The minimum absolute atomic E-state index is 0.0817. The van der Waals surface area contributed by atoms with Crippen LogP contribution in [0.4, 0.5) is 0 Å². The van der Waals surface area contributed by atoms with Gasteiger partial charge in [-0.25, -0.2) is 4.98 Å². The van der Waals surface area contributed by atoms with Gasteiger partial charge < -0.3 is 5.11 Å². The average molecular weight is 247 g/mol. The van der Waals surface area contributed by atoms with Gasteiger partial charge in [-0.05, 0) is 18.1 Å². The van der Waals surface area contributed by atoms with E-state index in [-0.39, 0.29) is 12.3 Å². The predicted molar refractivity (Wildman–Crippen MR) is 67.4 cm³/mol. The van der Waals surface area contributed by atoms with Gasteiger partial charge in [0, 0.05) is 17.5 Å². The van der Waals surface area contributed by atoms with E-state index in [1.807, 2.05) is 36.6 Å². The molecule has 0 bridgehead atoms. The van der Waals surface area contributed by atoms with E-state index in [2.05, 4.69) is 4.98 Å². The van der Waals surface area contributed by atoms with Crippen molar-refractivity contribution >= 4 is 17.3 Å². The number of aryl methyl sites for hydroxylation is 1. The molecule has 17 heavy (non-hydrogen) atoms. The molecule has 1 heterocycles. The minimum Gasteiger partial charge on any atom is -0.481 e. The lowest BCUT2D eigenvalue weighted by Crippen LogP contribution is -2.09. The first-order valence-electron chi connectivity index (χ1n) is 5.35. The van der Waals surface area contributed by atoms with Gasteiger partial charge in [0.25, 0.3) is 0 Å². The predicted octanol–water partition coefficient (Wildman–Crippen LogP) is 3.06. The molecular weight excluding hydrogens is 234 g/mol. The van der Waals surface area contributed by atoms with Crippen LogP contribution in [-0.4, -0.2) is 16.1 Å².